The van der Waals surface area contributed by atoms with E-state index in [4.69, 9.17) is 0 Å². The molecule has 0 saturated carbocycles. The first-order valence-electron chi connectivity index (χ1n) is 16.9. The number of hydrogen-bond acceptors (Lipinski definition) is 7. The molecule has 1 fully saturated rings. The number of amides is 6. The smallest absolute Gasteiger partial charge is 0.281 e. The summed E-state index contributed by atoms with van der Waals surface area (Å²) in [6, 6.07) is 14.6. The lowest BCUT2D eigenvalue weighted by Crippen LogP contribution is -2.58. The minimum Gasteiger partial charge on any atom is -0.371 e. The van der Waals surface area contributed by atoms with Gasteiger partial charge in [-0.3, -0.25) is 33.7 Å². The van der Waals surface area contributed by atoms with Gasteiger partial charge in [0.15, 0.2) is 0 Å². The predicted molar refractivity (Wildman–Crippen MR) is 179 cm³/mol. The van der Waals surface area contributed by atoms with E-state index in [0.29, 0.717) is 21.8 Å². The monoisotopic (exact) mass is 642 g/mol. The highest BCUT2D eigenvalue weighted by Crippen LogP contribution is 2.41. The first-order chi connectivity index (χ1) is 23.3. The molecule has 10 heteroatoms. The Bertz CT molecular complexity index is 2040. The molecule has 0 spiro atoms. The van der Waals surface area contributed by atoms with E-state index in [1.54, 1.807) is 18.2 Å². The summed E-state index contributed by atoms with van der Waals surface area (Å²) in [5.41, 5.74) is 1.93. The number of hydrogen-bond donors (Lipinski definition) is 0. The topological polar surface area (TPSA) is 115 Å². The molecule has 4 aromatic rings. The van der Waals surface area contributed by atoms with E-state index < -0.39 is 35.4 Å². The normalized spacial score (nSPS) is 17.2. The van der Waals surface area contributed by atoms with Crippen molar-refractivity contribution in [1.82, 2.24) is 14.9 Å². The standard InChI is InChI=1S/C38H34N4O6/c1-2-3-4-5-6-7-21-40-33(43)25-13-15-27-32-28(16-14-26(31(25)32)34(40)44)38(48)42(37(27)47)41-35(45)23-12-10-11-22-29(39-19-8-9-20-39)18-17-24(30(22)23)36(41)46/h10-18H,2-9,19-21H2,1H3. The van der Waals surface area contributed by atoms with Gasteiger partial charge in [0.1, 0.15) is 0 Å². The average Bonchev–Trinajstić information content (AvgIpc) is 3.64. The molecule has 0 atom stereocenters. The molecule has 242 valence electrons. The molecule has 8 rings (SSSR count). The molecule has 4 aliphatic rings. The third kappa shape index (κ3) is 4.24. The van der Waals surface area contributed by atoms with Gasteiger partial charge in [-0.25, -0.2) is 0 Å². The molecule has 0 bridgehead atoms. The Labute approximate surface area is 276 Å². The second-order valence-electron chi connectivity index (χ2n) is 13.0. The Morgan fingerprint density at radius 3 is 1.52 bits per heavy atom. The van der Waals surface area contributed by atoms with E-state index in [2.05, 4.69) is 11.8 Å². The average molecular weight is 643 g/mol. The molecule has 4 aliphatic heterocycles. The molecule has 0 N–H and O–H groups in total. The number of unbranched alkanes of at least 4 members (excludes halogenated alkanes) is 5. The Morgan fingerprint density at radius 1 is 0.500 bits per heavy atom. The van der Waals surface area contributed by atoms with Crippen molar-refractivity contribution in [2.45, 2.75) is 58.3 Å². The van der Waals surface area contributed by atoms with Crippen molar-refractivity contribution in [2.24, 2.45) is 0 Å². The molecular weight excluding hydrogens is 608 g/mol. The van der Waals surface area contributed by atoms with E-state index in [0.717, 1.165) is 69.1 Å². The summed E-state index contributed by atoms with van der Waals surface area (Å²) in [5.74, 6) is -4.24. The number of nitrogens with zero attached hydrogens (tertiary/aromatic N) is 4. The Morgan fingerprint density at radius 2 is 0.958 bits per heavy atom. The van der Waals surface area contributed by atoms with Gasteiger partial charge in [0.2, 0.25) is 0 Å². The zero-order valence-corrected chi connectivity index (χ0v) is 26.7. The quantitative estimate of drug-likeness (QED) is 0.154. The number of benzene rings is 4. The van der Waals surface area contributed by atoms with Crippen LogP contribution in [0, 0.1) is 0 Å². The Hall–Kier alpha value is -5.38. The van der Waals surface area contributed by atoms with Crippen molar-refractivity contribution in [2.75, 3.05) is 24.5 Å². The second kappa shape index (κ2) is 11.4. The molecule has 0 aliphatic carbocycles. The molecule has 0 aromatic heterocycles. The van der Waals surface area contributed by atoms with E-state index in [1.807, 2.05) is 12.1 Å². The van der Waals surface area contributed by atoms with Crippen LogP contribution in [0.3, 0.4) is 0 Å². The van der Waals surface area contributed by atoms with Crippen LogP contribution in [0.5, 0.6) is 0 Å². The van der Waals surface area contributed by atoms with Gasteiger partial charge < -0.3 is 4.90 Å². The zero-order valence-electron chi connectivity index (χ0n) is 26.7. The van der Waals surface area contributed by atoms with Crippen LogP contribution in [0.4, 0.5) is 5.69 Å². The lowest BCUT2D eigenvalue weighted by Gasteiger charge is -2.38. The van der Waals surface area contributed by atoms with Crippen LogP contribution in [0.25, 0.3) is 21.5 Å². The summed E-state index contributed by atoms with van der Waals surface area (Å²) >= 11 is 0. The highest BCUT2D eigenvalue weighted by molar-refractivity contribution is 6.35. The van der Waals surface area contributed by atoms with Crippen LogP contribution in [0.15, 0.2) is 54.6 Å². The summed E-state index contributed by atoms with van der Waals surface area (Å²) in [6.45, 7) is 4.19. The van der Waals surface area contributed by atoms with Crippen LogP contribution in [-0.2, 0) is 0 Å². The van der Waals surface area contributed by atoms with Crippen LogP contribution >= 0.6 is 0 Å². The summed E-state index contributed by atoms with van der Waals surface area (Å²) in [4.78, 5) is 87.2. The van der Waals surface area contributed by atoms with Crippen molar-refractivity contribution >= 4 is 62.7 Å². The van der Waals surface area contributed by atoms with Gasteiger partial charge in [0.05, 0.1) is 22.3 Å². The van der Waals surface area contributed by atoms with E-state index in [9.17, 15) is 28.8 Å². The number of carbonyl (C=O) groups is 6. The summed E-state index contributed by atoms with van der Waals surface area (Å²) in [7, 11) is 0. The van der Waals surface area contributed by atoms with Gasteiger partial charge in [-0.1, -0.05) is 51.2 Å². The molecular formula is C38H34N4O6. The van der Waals surface area contributed by atoms with Gasteiger partial charge in [-0.05, 0) is 61.7 Å². The second-order valence-corrected chi connectivity index (χ2v) is 13.0. The fraction of sp³-hybridized carbons (Fsp3) is 0.316. The Balaban J connectivity index is 1.15. The zero-order chi connectivity index (χ0) is 33.3. The third-order valence-electron chi connectivity index (χ3n) is 10.2. The number of rotatable bonds is 9. The SMILES string of the molecule is CCCCCCCCN1C(=O)c2ccc3c4c(ccc(c24)C1=O)C(=O)N(N1C(=O)c2cccc4c(N5CCCC5)ccc(c24)C1=O)C3=O. The first-order valence-corrected chi connectivity index (χ1v) is 16.9. The molecule has 4 heterocycles. The maximum absolute atomic E-state index is 14.2. The maximum atomic E-state index is 14.2. The first kappa shape index (κ1) is 30.0. The molecule has 0 unspecified atom stereocenters. The van der Waals surface area contributed by atoms with Gasteiger partial charge in [0, 0.05) is 58.0 Å². The molecule has 48 heavy (non-hydrogen) atoms. The van der Waals surface area contributed by atoms with Gasteiger partial charge in [-0.15, -0.1) is 0 Å². The Kier molecular flexibility index (Phi) is 7.12. The number of carbonyl (C=O) groups excluding carboxylic acids is 6. The van der Waals surface area contributed by atoms with E-state index >= 15 is 0 Å². The highest BCUT2D eigenvalue weighted by atomic mass is 16.2. The molecule has 10 nitrogen and oxygen atoms in total. The van der Waals surface area contributed by atoms with Crippen LogP contribution in [-0.4, -0.2) is 70.0 Å². The van der Waals surface area contributed by atoms with Gasteiger partial charge >= 0.3 is 0 Å². The fourth-order valence-corrected chi connectivity index (χ4v) is 7.83. The van der Waals surface area contributed by atoms with Crippen LogP contribution < -0.4 is 4.90 Å². The van der Waals surface area contributed by atoms with Crippen LogP contribution in [0.2, 0.25) is 0 Å². The largest absolute Gasteiger partial charge is 0.371 e. The number of anilines is 1. The predicted octanol–water partition coefficient (Wildman–Crippen LogP) is 6.36. The maximum Gasteiger partial charge on any atom is 0.281 e. The van der Waals surface area contributed by atoms with Gasteiger partial charge in [-0.2, -0.15) is 10.0 Å². The minimum atomic E-state index is -0.878. The van der Waals surface area contributed by atoms with E-state index in [-0.39, 0.29) is 50.7 Å². The number of hydrazine groups is 1. The molecule has 1 saturated heterocycles. The molecule has 0 radical (unpaired) electrons. The van der Waals surface area contributed by atoms with Crippen LogP contribution in [0.1, 0.15) is 120 Å². The highest BCUT2D eigenvalue weighted by Gasteiger charge is 2.47. The minimum absolute atomic E-state index is 0.0316. The van der Waals surface area contributed by atoms with Crippen molar-refractivity contribution in [3.05, 3.63) is 88.0 Å². The lowest BCUT2D eigenvalue weighted by atomic mass is 9.86. The van der Waals surface area contributed by atoms with Crippen molar-refractivity contribution in [3.8, 4) is 0 Å². The summed E-state index contributed by atoms with van der Waals surface area (Å²) in [6.07, 6.45) is 8.15. The lowest BCUT2D eigenvalue weighted by molar-refractivity contribution is 0.00212. The van der Waals surface area contributed by atoms with Crippen molar-refractivity contribution in [3.63, 3.8) is 0 Å². The van der Waals surface area contributed by atoms with Crippen molar-refractivity contribution < 1.29 is 28.8 Å². The molecule has 6 amide bonds. The fourth-order valence-electron chi connectivity index (χ4n) is 7.83. The van der Waals surface area contributed by atoms with Crippen molar-refractivity contribution in [1.29, 1.82) is 0 Å². The summed E-state index contributed by atoms with van der Waals surface area (Å²) in [5, 5.41) is 2.96. The summed E-state index contributed by atoms with van der Waals surface area (Å²) < 4.78 is 0. The third-order valence-corrected chi connectivity index (χ3v) is 10.2. The van der Waals surface area contributed by atoms with Gasteiger partial charge in [0.25, 0.3) is 35.4 Å². The molecule has 4 aromatic carbocycles. The van der Waals surface area contributed by atoms with E-state index in [1.165, 1.54) is 29.2 Å². The number of imide groups is 3.